The molecule has 148 valence electrons. The summed E-state index contributed by atoms with van der Waals surface area (Å²) in [5, 5.41) is 12.9. The van der Waals surface area contributed by atoms with E-state index in [1.165, 1.54) is 4.57 Å². The normalized spacial score (nSPS) is 14.3. The number of nitrogens with one attached hydrogen (secondary N) is 1. The highest BCUT2D eigenvalue weighted by atomic mass is 35.5. The quantitative estimate of drug-likeness (QED) is 0.420. The van der Waals surface area contributed by atoms with Crippen molar-refractivity contribution in [2.24, 2.45) is 5.92 Å². The van der Waals surface area contributed by atoms with E-state index in [1.807, 2.05) is 13.8 Å². The smallest absolute Gasteiger partial charge is 0.262 e. The number of nitriles is 1. The third-order valence-electron chi connectivity index (χ3n) is 4.61. The molecule has 1 amide bonds. The van der Waals surface area contributed by atoms with Crippen molar-refractivity contribution in [2.75, 3.05) is 0 Å². The van der Waals surface area contributed by atoms with Crippen molar-refractivity contribution in [2.45, 2.75) is 50.2 Å². The van der Waals surface area contributed by atoms with Gasteiger partial charge < -0.3 is 5.32 Å². The number of benzene rings is 1. The van der Waals surface area contributed by atoms with E-state index in [4.69, 9.17) is 11.6 Å². The summed E-state index contributed by atoms with van der Waals surface area (Å²) in [4.78, 5) is 30.1. The SMILES string of the molecule is C=CCn1c(S[C@@H](C)C(=O)N[C@](C)(C#N)C(C)C)nc2ccc(Cl)cc2c1=O. The van der Waals surface area contributed by atoms with Crippen molar-refractivity contribution in [3.63, 3.8) is 0 Å². The highest BCUT2D eigenvalue weighted by Crippen LogP contribution is 2.25. The van der Waals surface area contributed by atoms with Crippen molar-refractivity contribution in [3.05, 3.63) is 46.2 Å². The van der Waals surface area contributed by atoms with Crippen LogP contribution in [0.1, 0.15) is 27.7 Å². The first-order chi connectivity index (χ1) is 13.1. The van der Waals surface area contributed by atoms with Crippen LogP contribution in [0.2, 0.25) is 5.02 Å². The van der Waals surface area contributed by atoms with Crippen LogP contribution in [0.3, 0.4) is 0 Å². The van der Waals surface area contributed by atoms with Gasteiger partial charge in [-0.15, -0.1) is 6.58 Å². The fraction of sp³-hybridized carbons (Fsp3) is 0.400. The van der Waals surface area contributed by atoms with Crippen LogP contribution in [0.4, 0.5) is 0 Å². The Morgan fingerprint density at radius 2 is 2.18 bits per heavy atom. The van der Waals surface area contributed by atoms with Crippen molar-refractivity contribution < 1.29 is 4.79 Å². The number of hydrogen-bond donors (Lipinski definition) is 1. The van der Waals surface area contributed by atoms with Crippen molar-refractivity contribution in [3.8, 4) is 6.07 Å². The molecule has 0 unspecified atom stereocenters. The van der Waals surface area contributed by atoms with Gasteiger partial charge in [0.15, 0.2) is 5.16 Å². The summed E-state index contributed by atoms with van der Waals surface area (Å²) in [5.41, 5.74) is -0.708. The zero-order chi connectivity index (χ0) is 21.1. The summed E-state index contributed by atoms with van der Waals surface area (Å²) >= 11 is 7.17. The average molecular weight is 419 g/mol. The van der Waals surface area contributed by atoms with E-state index < -0.39 is 10.8 Å². The number of hydrogen-bond acceptors (Lipinski definition) is 5. The largest absolute Gasteiger partial charge is 0.337 e. The molecule has 1 aromatic heterocycles. The molecule has 2 aromatic rings. The molecule has 1 N–H and O–H groups in total. The van der Waals surface area contributed by atoms with Gasteiger partial charge in [0.05, 0.1) is 22.2 Å². The number of amides is 1. The van der Waals surface area contributed by atoms with Gasteiger partial charge in [0, 0.05) is 11.6 Å². The molecule has 0 bridgehead atoms. The first kappa shape index (κ1) is 22.0. The van der Waals surface area contributed by atoms with Gasteiger partial charge in [-0.2, -0.15) is 5.26 Å². The predicted molar refractivity (Wildman–Crippen MR) is 114 cm³/mol. The molecule has 2 atom stereocenters. The third-order valence-corrected chi connectivity index (χ3v) is 5.94. The Balaban J connectivity index is 2.39. The Morgan fingerprint density at radius 3 is 2.75 bits per heavy atom. The van der Waals surface area contributed by atoms with Crippen LogP contribution in [-0.2, 0) is 11.3 Å². The van der Waals surface area contributed by atoms with E-state index in [0.717, 1.165) is 11.8 Å². The van der Waals surface area contributed by atoms with Crippen LogP contribution >= 0.6 is 23.4 Å². The number of halogens is 1. The first-order valence-corrected chi connectivity index (χ1v) is 10.1. The maximum atomic E-state index is 12.9. The second-order valence-corrected chi connectivity index (χ2v) is 8.72. The fourth-order valence-corrected chi connectivity index (χ4v) is 3.51. The Labute approximate surface area is 173 Å². The lowest BCUT2D eigenvalue weighted by Gasteiger charge is -2.28. The average Bonchev–Trinajstić information content (AvgIpc) is 2.65. The van der Waals surface area contributed by atoms with E-state index in [-0.39, 0.29) is 23.9 Å². The molecule has 1 heterocycles. The Hall–Kier alpha value is -2.30. The molecule has 0 fully saturated rings. The van der Waals surface area contributed by atoms with Crippen LogP contribution in [0, 0.1) is 17.2 Å². The van der Waals surface area contributed by atoms with E-state index in [9.17, 15) is 14.9 Å². The molecule has 6 nitrogen and oxygen atoms in total. The Kier molecular flexibility index (Phi) is 6.91. The predicted octanol–water partition coefficient (Wildman–Crippen LogP) is 3.77. The zero-order valence-electron chi connectivity index (χ0n) is 16.3. The van der Waals surface area contributed by atoms with Gasteiger partial charge in [0.25, 0.3) is 5.56 Å². The van der Waals surface area contributed by atoms with Crippen LogP contribution in [0.25, 0.3) is 10.9 Å². The maximum Gasteiger partial charge on any atom is 0.262 e. The third kappa shape index (κ3) is 4.57. The monoisotopic (exact) mass is 418 g/mol. The molecular formula is C20H23ClN4O2S. The molecule has 0 aliphatic rings. The number of aromatic nitrogens is 2. The van der Waals surface area contributed by atoms with Gasteiger partial charge in [-0.05, 0) is 38.0 Å². The summed E-state index contributed by atoms with van der Waals surface area (Å²) in [6.45, 7) is 11.1. The summed E-state index contributed by atoms with van der Waals surface area (Å²) < 4.78 is 1.46. The van der Waals surface area contributed by atoms with Crippen molar-refractivity contribution >= 4 is 40.2 Å². The lowest BCUT2D eigenvalue weighted by Crippen LogP contribution is -2.51. The van der Waals surface area contributed by atoms with Gasteiger partial charge in [0.2, 0.25) is 5.91 Å². The number of carbonyl (C=O) groups excluding carboxylic acids is 1. The van der Waals surface area contributed by atoms with Crippen LogP contribution in [-0.4, -0.2) is 26.2 Å². The maximum absolute atomic E-state index is 12.9. The number of fused-ring (bicyclic) bond motifs is 1. The van der Waals surface area contributed by atoms with Gasteiger partial charge in [-0.1, -0.05) is 43.3 Å². The standard InChI is InChI=1S/C20H23ClN4O2S/c1-6-9-25-18(27)15-10-14(21)7-8-16(15)23-19(25)28-13(4)17(26)24-20(5,11-22)12(2)3/h6-8,10,12-13H,1,9H2,2-5H3,(H,24,26)/t13-,20+/m0/s1. The second-order valence-electron chi connectivity index (χ2n) is 6.98. The fourth-order valence-electron chi connectivity index (χ4n) is 2.42. The van der Waals surface area contributed by atoms with Gasteiger partial charge in [-0.3, -0.25) is 14.2 Å². The van der Waals surface area contributed by atoms with Crippen molar-refractivity contribution in [1.29, 1.82) is 5.26 Å². The second kappa shape index (κ2) is 8.80. The minimum Gasteiger partial charge on any atom is -0.337 e. The topological polar surface area (TPSA) is 87.8 Å². The molecule has 0 saturated carbocycles. The number of allylic oxidation sites excluding steroid dienone is 1. The zero-order valence-corrected chi connectivity index (χ0v) is 17.9. The summed E-state index contributed by atoms with van der Waals surface area (Å²) in [6.07, 6.45) is 1.60. The van der Waals surface area contributed by atoms with E-state index >= 15 is 0 Å². The van der Waals surface area contributed by atoms with Crippen LogP contribution in [0.15, 0.2) is 40.8 Å². The molecule has 0 radical (unpaired) electrons. The Morgan fingerprint density at radius 1 is 1.50 bits per heavy atom. The van der Waals surface area contributed by atoms with Gasteiger partial charge >= 0.3 is 0 Å². The molecule has 8 heteroatoms. The molecule has 28 heavy (non-hydrogen) atoms. The minimum atomic E-state index is -0.972. The lowest BCUT2D eigenvalue weighted by molar-refractivity contribution is -0.121. The molecule has 2 rings (SSSR count). The number of carbonyl (C=O) groups is 1. The molecule has 0 spiro atoms. The molecule has 0 aliphatic heterocycles. The lowest BCUT2D eigenvalue weighted by atomic mass is 9.90. The summed E-state index contributed by atoms with van der Waals surface area (Å²) in [6, 6.07) is 7.09. The minimum absolute atomic E-state index is 0.0545. The van der Waals surface area contributed by atoms with E-state index in [2.05, 4.69) is 22.9 Å². The van der Waals surface area contributed by atoms with E-state index in [1.54, 1.807) is 38.1 Å². The number of rotatable bonds is 7. The summed E-state index contributed by atoms with van der Waals surface area (Å²) in [5.74, 6) is -0.348. The van der Waals surface area contributed by atoms with Gasteiger partial charge in [0.1, 0.15) is 5.54 Å². The van der Waals surface area contributed by atoms with Crippen LogP contribution < -0.4 is 10.9 Å². The Bertz CT molecular complexity index is 1010. The first-order valence-electron chi connectivity index (χ1n) is 8.84. The number of thioether (sulfide) groups is 1. The molecule has 0 aliphatic carbocycles. The van der Waals surface area contributed by atoms with Gasteiger partial charge in [-0.25, -0.2) is 4.98 Å². The van der Waals surface area contributed by atoms with E-state index in [0.29, 0.717) is 21.1 Å². The molecule has 0 saturated heterocycles. The highest BCUT2D eigenvalue weighted by molar-refractivity contribution is 8.00. The number of nitrogens with zero attached hydrogens (tertiary/aromatic N) is 3. The molecular weight excluding hydrogens is 396 g/mol. The summed E-state index contributed by atoms with van der Waals surface area (Å²) in [7, 11) is 0. The van der Waals surface area contributed by atoms with Crippen LogP contribution in [0.5, 0.6) is 0 Å². The molecule has 1 aromatic carbocycles. The highest BCUT2D eigenvalue weighted by Gasteiger charge is 2.32. The van der Waals surface area contributed by atoms with Crippen molar-refractivity contribution in [1.82, 2.24) is 14.9 Å².